The van der Waals surface area contributed by atoms with Gasteiger partial charge in [-0.3, -0.25) is 4.90 Å². The van der Waals surface area contributed by atoms with E-state index in [1.165, 1.54) is 19.4 Å². The van der Waals surface area contributed by atoms with Crippen molar-refractivity contribution in [3.8, 4) is 11.6 Å². The molecule has 1 aliphatic heterocycles. The van der Waals surface area contributed by atoms with E-state index >= 15 is 0 Å². The molecule has 4 nitrogen and oxygen atoms in total. The Morgan fingerprint density at radius 3 is 2.88 bits per heavy atom. The van der Waals surface area contributed by atoms with E-state index in [9.17, 15) is 4.39 Å². The van der Waals surface area contributed by atoms with Crippen LogP contribution in [0.25, 0.3) is 0 Å². The summed E-state index contributed by atoms with van der Waals surface area (Å²) in [6, 6.07) is 1.31. The molecule has 0 bridgehead atoms. The molecule has 0 atom stereocenters. The van der Waals surface area contributed by atoms with Crippen LogP contribution in [0.3, 0.4) is 0 Å². The fraction of sp³-hybridized carbons (Fsp3) is 0.545. The summed E-state index contributed by atoms with van der Waals surface area (Å²) in [6.45, 7) is 4.91. The highest BCUT2D eigenvalue weighted by Crippen LogP contribution is 2.21. The number of likely N-dealkylation sites (N-methyl/N-ethyl adjacent to an activating group) is 1. The smallest absolute Gasteiger partial charge is 0.250 e. The van der Waals surface area contributed by atoms with E-state index in [0.717, 1.165) is 19.6 Å². The van der Waals surface area contributed by atoms with E-state index in [4.69, 9.17) is 9.47 Å². The van der Waals surface area contributed by atoms with E-state index in [0.29, 0.717) is 5.75 Å². The third-order valence-corrected chi connectivity index (χ3v) is 2.65. The zero-order chi connectivity index (χ0) is 11.5. The molecule has 1 aliphatic rings. The Balaban J connectivity index is 1.93. The quantitative estimate of drug-likeness (QED) is 0.775. The van der Waals surface area contributed by atoms with Crippen LogP contribution in [0.5, 0.6) is 11.6 Å². The Bertz CT molecular complexity index is 367. The predicted octanol–water partition coefficient (Wildman–Crippen LogP) is 1.31. The molecule has 0 aliphatic carbocycles. The van der Waals surface area contributed by atoms with Gasteiger partial charge in [0.2, 0.25) is 5.88 Å². The SMILES string of the molecule is CCN1CC(Oc2cnc(OC)c(F)c2)C1. The molecule has 0 amide bonds. The minimum absolute atomic E-state index is 0.00357. The summed E-state index contributed by atoms with van der Waals surface area (Å²) in [5.41, 5.74) is 0. The summed E-state index contributed by atoms with van der Waals surface area (Å²) < 4.78 is 23.6. The van der Waals surface area contributed by atoms with Crippen LogP contribution in [-0.2, 0) is 0 Å². The normalized spacial score (nSPS) is 16.9. The zero-order valence-electron chi connectivity index (χ0n) is 9.44. The lowest BCUT2D eigenvalue weighted by molar-refractivity contribution is 0.0233. The summed E-state index contributed by atoms with van der Waals surface area (Å²) >= 11 is 0. The molecule has 0 saturated carbocycles. The Labute approximate surface area is 94.0 Å². The fourth-order valence-electron chi connectivity index (χ4n) is 1.67. The maximum atomic E-state index is 13.3. The van der Waals surface area contributed by atoms with Crippen LogP contribution in [0.4, 0.5) is 4.39 Å². The largest absolute Gasteiger partial charge is 0.486 e. The lowest BCUT2D eigenvalue weighted by Gasteiger charge is -2.38. The monoisotopic (exact) mass is 226 g/mol. The first-order chi connectivity index (χ1) is 7.72. The topological polar surface area (TPSA) is 34.6 Å². The standard InChI is InChI=1S/C11H15FN2O2/c1-3-14-6-9(7-14)16-8-4-10(12)11(15-2)13-5-8/h4-5,9H,3,6-7H2,1-2H3. The zero-order valence-corrected chi connectivity index (χ0v) is 9.44. The molecular formula is C11H15FN2O2. The molecule has 1 aromatic rings. The van der Waals surface area contributed by atoms with Crippen LogP contribution in [0, 0.1) is 5.82 Å². The average Bonchev–Trinajstić information content (AvgIpc) is 2.23. The number of nitrogens with zero attached hydrogens (tertiary/aromatic N) is 2. The van der Waals surface area contributed by atoms with E-state index < -0.39 is 5.82 Å². The molecule has 88 valence electrons. The van der Waals surface area contributed by atoms with Crippen molar-refractivity contribution >= 4 is 0 Å². The van der Waals surface area contributed by atoms with Gasteiger partial charge >= 0.3 is 0 Å². The molecule has 1 saturated heterocycles. The molecule has 0 radical (unpaired) electrons. The van der Waals surface area contributed by atoms with Crippen molar-refractivity contribution in [3.05, 3.63) is 18.1 Å². The highest BCUT2D eigenvalue weighted by atomic mass is 19.1. The first-order valence-electron chi connectivity index (χ1n) is 5.31. The van der Waals surface area contributed by atoms with Crippen molar-refractivity contribution < 1.29 is 13.9 Å². The van der Waals surface area contributed by atoms with E-state index in [1.807, 2.05) is 0 Å². The van der Waals surface area contributed by atoms with Gasteiger partial charge in [-0.25, -0.2) is 9.37 Å². The Hall–Kier alpha value is -1.36. The molecular weight excluding hydrogens is 211 g/mol. The van der Waals surface area contributed by atoms with Crippen molar-refractivity contribution in [2.45, 2.75) is 13.0 Å². The number of hydrogen-bond acceptors (Lipinski definition) is 4. The van der Waals surface area contributed by atoms with Gasteiger partial charge in [0.05, 0.1) is 13.3 Å². The second-order valence-corrected chi connectivity index (χ2v) is 3.75. The molecule has 0 spiro atoms. The van der Waals surface area contributed by atoms with Gasteiger partial charge < -0.3 is 9.47 Å². The summed E-state index contributed by atoms with van der Waals surface area (Å²) in [7, 11) is 1.39. The van der Waals surface area contributed by atoms with Gasteiger partial charge in [-0.15, -0.1) is 0 Å². The number of rotatable bonds is 4. The van der Waals surface area contributed by atoms with Crippen LogP contribution in [-0.4, -0.2) is 42.7 Å². The van der Waals surface area contributed by atoms with Gasteiger partial charge in [0.25, 0.3) is 0 Å². The minimum Gasteiger partial charge on any atom is -0.486 e. The van der Waals surface area contributed by atoms with E-state index in [2.05, 4.69) is 16.8 Å². The van der Waals surface area contributed by atoms with Crippen LogP contribution >= 0.6 is 0 Å². The van der Waals surface area contributed by atoms with Crippen molar-refractivity contribution in [3.63, 3.8) is 0 Å². The third kappa shape index (κ3) is 2.24. The van der Waals surface area contributed by atoms with Crippen LogP contribution in [0.2, 0.25) is 0 Å². The van der Waals surface area contributed by atoms with Crippen molar-refractivity contribution in [2.24, 2.45) is 0 Å². The Morgan fingerprint density at radius 1 is 1.56 bits per heavy atom. The molecule has 2 rings (SSSR count). The maximum absolute atomic E-state index is 13.3. The second-order valence-electron chi connectivity index (χ2n) is 3.75. The van der Waals surface area contributed by atoms with Gasteiger partial charge in [0.1, 0.15) is 11.9 Å². The average molecular weight is 226 g/mol. The number of ether oxygens (including phenoxy) is 2. The van der Waals surface area contributed by atoms with Gasteiger partial charge in [-0.05, 0) is 6.54 Å². The van der Waals surface area contributed by atoms with Crippen molar-refractivity contribution in [1.29, 1.82) is 0 Å². The number of hydrogen-bond donors (Lipinski definition) is 0. The lowest BCUT2D eigenvalue weighted by atomic mass is 10.2. The molecule has 2 heterocycles. The van der Waals surface area contributed by atoms with Gasteiger partial charge in [0.15, 0.2) is 5.82 Å². The maximum Gasteiger partial charge on any atom is 0.250 e. The van der Waals surface area contributed by atoms with Crippen molar-refractivity contribution in [1.82, 2.24) is 9.88 Å². The van der Waals surface area contributed by atoms with Crippen LogP contribution in [0.15, 0.2) is 12.3 Å². The number of methoxy groups -OCH3 is 1. The highest BCUT2D eigenvalue weighted by Gasteiger charge is 2.27. The molecule has 16 heavy (non-hydrogen) atoms. The number of aromatic nitrogens is 1. The van der Waals surface area contributed by atoms with E-state index in [-0.39, 0.29) is 12.0 Å². The van der Waals surface area contributed by atoms with Crippen LogP contribution in [0.1, 0.15) is 6.92 Å². The summed E-state index contributed by atoms with van der Waals surface area (Å²) in [5, 5.41) is 0. The van der Waals surface area contributed by atoms with Gasteiger partial charge in [-0.1, -0.05) is 6.92 Å². The molecule has 1 fully saturated rings. The molecule has 0 aromatic carbocycles. The second kappa shape index (κ2) is 4.65. The predicted molar refractivity (Wildman–Crippen MR) is 57.3 cm³/mol. The number of halogens is 1. The summed E-state index contributed by atoms with van der Waals surface area (Å²) in [4.78, 5) is 6.06. The number of pyridine rings is 1. The first-order valence-corrected chi connectivity index (χ1v) is 5.31. The Morgan fingerprint density at radius 2 is 2.31 bits per heavy atom. The first kappa shape index (κ1) is 11.1. The van der Waals surface area contributed by atoms with E-state index in [1.54, 1.807) is 0 Å². The minimum atomic E-state index is -0.494. The molecule has 1 aromatic heterocycles. The van der Waals surface area contributed by atoms with Gasteiger partial charge in [-0.2, -0.15) is 0 Å². The Kier molecular flexibility index (Phi) is 3.24. The third-order valence-electron chi connectivity index (χ3n) is 2.65. The highest BCUT2D eigenvalue weighted by molar-refractivity contribution is 5.25. The van der Waals surface area contributed by atoms with Gasteiger partial charge in [0, 0.05) is 19.2 Å². The summed E-state index contributed by atoms with van der Waals surface area (Å²) in [6.07, 6.45) is 1.63. The lowest BCUT2D eigenvalue weighted by Crippen LogP contribution is -2.53. The molecule has 5 heteroatoms. The molecule has 0 N–H and O–H groups in total. The summed E-state index contributed by atoms with van der Waals surface area (Å²) in [5.74, 6) is -0.0399. The fourth-order valence-corrected chi connectivity index (χ4v) is 1.67. The van der Waals surface area contributed by atoms with Crippen molar-refractivity contribution in [2.75, 3.05) is 26.7 Å². The molecule has 0 unspecified atom stereocenters. The number of likely N-dealkylation sites (tertiary alicyclic amines) is 1. The van der Waals surface area contributed by atoms with Crippen LogP contribution < -0.4 is 9.47 Å².